The van der Waals surface area contributed by atoms with E-state index in [9.17, 15) is 17.6 Å². The zero-order valence-corrected chi connectivity index (χ0v) is 15.7. The molecule has 1 fully saturated rings. The van der Waals surface area contributed by atoms with Gasteiger partial charge in [-0.1, -0.05) is 0 Å². The molecule has 138 valence electrons. The number of carbonyl (C=O) groups is 1. The van der Waals surface area contributed by atoms with Crippen molar-refractivity contribution in [3.63, 3.8) is 0 Å². The molecule has 26 heavy (non-hydrogen) atoms. The zero-order valence-electron chi connectivity index (χ0n) is 13.3. The van der Waals surface area contributed by atoms with E-state index in [2.05, 4.69) is 20.9 Å². The van der Waals surface area contributed by atoms with Crippen molar-refractivity contribution in [2.45, 2.75) is 17.4 Å². The first-order chi connectivity index (χ1) is 12.3. The van der Waals surface area contributed by atoms with Gasteiger partial charge in [-0.3, -0.25) is 0 Å². The summed E-state index contributed by atoms with van der Waals surface area (Å²) in [5.41, 5.74) is -0.685. The molecule has 1 aliphatic heterocycles. The third kappa shape index (κ3) is 3.71. The Kier molecular flexibility index (Phi) is 5.26. The molecule has 0 aliphatic carbocycles. The summed E-state index contributed by atoms with van der Waals surface area (Å²) in [6.45, 7) is 0.294. The normalized spacial score (nSPS) is 18.0. The van der Waals surface area contributed by atoms with E-state index in [-0.39, 0.29) is 18.0 Å². The number of sulfonamides is 1. The van der Waals surface area contributed by atoms with Gasteiger partial charge < -0.3 is 9.84 Å². The summed E-state index contributed by atoms with van der Waals surface area (Å²) in [6, 6.07) is 6.22. The molecule has 7 nitrogen and oxygen atoms in total. The number of aromatic carboxylic acids is 1. The van der Waals surface area contributed by atoms with Crippen molar-refractivity contribution >= 4 is 31.9 Å². The third-order valence-corrected chi connectivity index (χ3v) is 6.38. The number of nitrogens with zero attached hydrogens (tertiary/aromatic N) is 2. The summed E-state index contributed by atoms with van der Waals surface area (Å²) in [5.74, 6) is -2.15. The van der Waals surface area contributed by atoms with Crippen molar-refractivity contribution in [1.82, 2.24) is 9.29 Å². The van der Waals surface area contributed by atoms with E-state index in [1.165, 1.54) is 4.31 Å². The van der Waals surface area contributed by atoms with E-state index in [4.69, 9.17) is 9.84 Å². The van der Waals surface area contributed by atoms with Gasteiger partial charge in [0, 0.05) is 12.7 Å². The summed E-state index contributed by atoms with van der Waals surface area (Å²) >= 11 is 3.31. The Hall–Kier alpha value is -2.04. The van der Waals surface area contributed by atoms with Gasteiger partial charge in [-0.25, -0.2) is 22.6 Å². The third-order valence-electron chi connectivity index (χ3n) is 3.92. The molecule has 1 aromatic carbocycles. The maximum absolute atomic E-state index is 13.5. The number of rotatable bonds is 5. The van der Waals surface area contributed by atoms with E-state index in [0.717, 1.165) is 18.2 Å². The second-order valence-corrected chi connectivity index (χ2v) is 8.42. The number of ether oxygens (including phenoxy) is 1. The standard InChI is InChI=1S/C16H14BrFN2O5S/c17-13-2-1-6-19-15(13)25-10-5-7-20(9-10)26(23,24)11-3-4-14(18)12(8-11)16(21)22/h1-4,6,8,10H,5,7,9H2,(H,21,22)/t10-/m1/s1. The molecule has 3 rings (SSSR count). The van der Waals surface area contributed by atoms with Crippen LogP contribution < -0.4 is 4.74 Å². The topological polar surface area (TPSA) is 96.8 Å². The van der Waals surface area contributed by atoms with Crippen LogP contribution in [-0.4, -0.2) is 48.0 Å². The van der Waals surface area contributed by atoms with Crippen molar-refractivity contribution < 1.29 is 27.4 Å². The van der Waals surface area contributed by atoms with Crippen LogP contribution in [-0.2, 0) is 10.0 Å². The molecule has 0 unspecified atom stereocenters. The Morgan fingerprint density at radius 3 is 2.85 bits per heavy atom. The van der Waals surface area contributed by atoms with E-state index < -0.39 is 33.5 Å². The molecule has 10 heteroatoms. The predicted octanol–water partition coefficient (Wildman–Crippen LogP) is 2.52. The minimum Gasteiger partial charge on any atom is -0.478 e. The summed E-state index contributed by atoms with van der Waals surface area (Å²) in [6.07, 6.45) is 1.63. The molecule has 1 aliphatic rings. The number of carboxylic acid groups (broad SMARTS) is 1. The van der Waals surface area contributed by atoms with Crippen LogP contribution in [0.5, 0.6) is 5.88 Å². The lowest BCUT2D eigenvalue weighted by molar-refractivity contribution is 0.0691. The number of carboxylic acids is 1. The van der Waals surface area contributed by atoms with Crippen LogP contribution in [0.3, 0.4) is 0 Å². The summed E-state index contributed by atoms with van der Waals surface area (Å²) in [7, 11) is -3.96. The fourth-order valence-electron chi connectivity index (χ4n) is 2.61. The van der Waals surface area contributed by atoms with Gasteiger partial charge in [0.25, 0.3) is 0 Å². The van der Waals surface area contributed by atoms with Gasteiger partial charge in [0.1, 0.15) is 11.9 Å². The Bertz CT molecular complexity index is 953. The Morgan fingerprint density at radius 2 is 2.15 bits per heavy atom. The molecule has 0 saturated carbocycles. The molecule has 2 aromatic rings. The van der Waals surface area contributed by atoms with Gasteiger partial charge in [0.15, 0.2) is 0 Å². The van der Waals surface area contributed by atoms with Crippen molar-refractivity contribution in [2.75, 3.05) is 13.1 Å². The molecule has 0 radical (unpaired) electrons. The molecule has 0 bridgehead atoms. The molecular weight excluding hydrogens is 431 g/mol. The van der Waals surface area contributed by atoms with Crippen LogP contribution in [0.4, 0.5) is 4.39 Å². The molecule has 1 N–H and O–H groups in total. The first kappa shape index (κ1) is 18.7. The minimum absolute atomic E-state index is 0.0884. The highest BCUT2D eigenvalue weighted by molar-refractivity contribution is 9.10. The van der Waals surface area contributed by atoms with Crippen LogP contribution >= 0.6 is 15.9 Å². The van der Waals surface area contributed by atoms with Gasteiger partial charge in [-0.2, -0.15) is 4.31 Å². The first-order valence-electron chi connectivity index (χ1n) is 7.59. The zero-order chi connectivity index (χ0) is 18.9. The van der Waals surface area contributed by atoms with Crippen LogP contribution in [0, 0.1) is 5.82 Å². The molecule has 0 amide bonds. The van der Waals surface area contributed by atoms with Gasteiger partial charge in [0.2, 0.25) is 15.9 Å². The number of hydrogen-bond acceptors (Lipinski definition) is 5. The molecular formula is C16H14BrFN2O5S. The molecule has 2 heterocycles. The highest BCUT2D eigenvalue weighted by atomic mass is 79.9. The lowest BCUT2D eigenvalue weighted by Gasteiger charge is -2.17. The average Bonchev–Trinajstić information content (AvgIpc) is 3.06. The highest BCUT2D eigenvalue weighted by Crippen LogP contribution is 2.27. The van der Waals surface area contributed by atoms with E-state index in [0.29, 0.717) is 16.8 Å². The number of halogens is 2. The van der Waals surface area contributed by atoms with E-state index >= 15 is 0 Å². The maximum atomic E-state index is 13.5. The Morgan fingerprint density at radius 1 is 1.38 bits per heavy atom. The van der Waals surface area contributed by atoms with Gasteiger partial charge in [-0.15, -0.1) is 0 Å². The Balaban J connectivity index is 1.78. The van der Waals surface area contributed by atoms with Crippen molar-refractivity contribution in [3.05, 3.63) is 52.4 Å². The lowest BCUT2D eigenvalue weighted by Crippen LogP contribution is -2.31. The van der Waals surface area contributed by atoms with Crippen molar-refractivity contribution in [1.29, 1.82) is 0 Å². The number of aromatic nitrogens is 1. The van der Waals surface area contributed by atoms with Gasteiger partial charge in [-0.05, 0) is 52.7 Å². The molecule has 1 aromatic heterocycles. The SMILES string of the molecule is O=C(O)c1cc(S(=O)(=O)N2CC[C@@H](Oc3ncccc3Br)C2)ccc1F. The monoisotopic (exact) mass is 444 g/mol. The maximum Gasteiger partial charge on any atom is 0.338 e. The summed E-state index contributed by atoms with van der Waals surface area (Å²) < 4.78 is 46.5. The van der Waals surface area contributed by atoms with Crippen LogP contribution in [0.15, 0.2) is 45.9 Å². The molecule has 1 saturated heterocycles. The second-order valence-electron chi connectivity index (χ2n) is 5.63. The first-order valence-corrected chi connectivity index (χ1v) is 9.82. The summed E-state index contributed by atoms with van der Waals surface area (Å²) in [4.78, 5) is 14.8. The highest BCUT2D eigenvalue weighted by Gasteiger charge is 2.34. The number of hydrogen-bond donors (Lipinski definition) is 1. The second kappa shape index (κ2) is 7.29. The molecule has 0 spiro atoms. The predicted molar refractivity (Wildman–Crippen MR) is 93.1 cm³/mol. The Labute approximate surface area is 157 Å². The lowest BCUT2D eigenvalue weighted by atomic mass is 10.2. The molecule has 1 atom stereocenters. The van der Waals surface area contributed by atoms with Crippen molar-refractivity contribution in [2.24, 2.45) is 0 Å². The number of pyridine rings is 1. The quantitative estimate of drug-likeness (QED) is 0.760. The average molecular weight is 445 g/mol. The minimum atomic E-state index is -3.96. The van der Waals surface area contributed by atoms with E-state index in [1.54, 1.807) is 18.3 Å². The van der Waals surface area contributed by atoms with Crippen LogP contribution in [0.2, 0.25) is 0 Å². The van der Waals surface area contributed by atoms with E-state index in [1.807, 2.05) is 0 Å². The number of benzene rings is 1. The van der Waals surface area contributed by atoms with Crippen LogP contribution in [0.25, 0.3) is 0 Å². The van der Waals surface area contributed by atoms with Crippen LogP contribution in [0.1, 0.15) is 16.8 Å². The fourth-order valence-corrected chi connectivity index (χ4v) is 4.47. The largest absolute Gasteiger partial charge is 0.478 e. The van der Waals surface area contributed by atoms with Gasteiger partial charge in [0.05, 0.1) is 21.5 Å². The van der Waals surface area contributed by atoms with Crippen molar-refractivity contribution in [3.8, 4) is 5.88 Å². The smallest absolute Gasteiger partial charge is 0.338 e. The van der Waals surface area contributed by atoms with Gasteiger partial charge >= 0.3 is 5.97 Å². The summed E-state index contributed by atoms with van der Waals surface area (Å²) in [5, 5.41) is 8.97. The fraction of sp³-hybridized carbons (Fsp3) is 0.250.